The van der Waals surface area contributed by atoms with Gasteiger partial charge in [0.1, 0.15) is 23.9 Å². The summed E-state index contributed by atoms with van der Waals surface area (Å²) in [7, 11) is 0. The lowest BCUT2D eigenvalue weighted by atomic mass is 10.2. The van der Waals surface area contributed by atoms with Gasteiger partial charge in [-0.2, -0.15) is 0 Å². The van der Waals surface area contributed by atoms with E-state index >= 15 is 0 Å². The number of hydrogen-bond donors (Lipinski definition) is 2. The van der Waals surface area contributed by atoms with Crippen molar-refractivity contribution in [1.29, 1.82) is 0 Å². The zero-order valence-electron chi connectivity index (χ0n) is 11.3. The number of fused-ring (bicyclic) bond motifs is 1. The maximum Gasteiger partial charge on any atom is 0.231 e. The van der Waals surface area contributed by atoms with Crippen molar-refractivity contribution in [3.63, 3.8) is 0 Å². The molecule has 2 heterocycles. The lowest BCUT2D eigenvalue weighted by molar-refractivity contribution is 0.474. The quantitative estimate of drug-likeness (QED) is 0.434. The molecule has 0 aliphatic carbocycles. The molecule has 2 aromatic heterocycles. The van der Waals surface area contributed by atoms with Crippen LogP contribution >= 0.6 is 0 Å². The number of aromatic hydroxyl groups is 1. The molecular formula is C15H11N5O2. The lowest BCUT2D eigenvalue weighted by Crippen LogP contribution is -1.89. The summed E-state index contributed by atoms with van der Waals surface area (Å²) in [6.45, 7) is 0. The first-order valence-corrected chi connectivity index (χ1v) is 6.55. The minimum absolute atomic E-state index is 0.0692. The van der Waals surface area contributed by atoms with Crippen molar-refractivity contribution in [1.82, 2.24) is 19.7 Å². The maximum atomic E-state index is 9.94. The summed E-state index contributed by atoms with van der Waals surface area (Å²) in [5, 5.41) is 17.5. The van der Waals surface area contributed by atoms with Crippen LogP contribution in [-0.2, 0) is 0 Å². The predicted octanol–water partition coefficient (Wildman–Crippen LogP) is 2.36. The second-order valence-corrected chi connectivity index (χ2v) is 4.82. The topological polar surface area (TPSA) is 103 Å². The van der Waals surface area contributed by atoms with E-state index in [2.05, 4.69) is 15.2 Å². The summed E-state index contributed by atoms with van der Waals surface area (Å²) in [6, 6.07) is 10.3. The summed E-state index contributed by atoms with van der Waals surface area (Å²) in [5.41, 5.74) is 8.90. The number of phenolic OH excluding ortho intramolecular Hbond substituents is 1. The Morgan fingerprint density at radius 1 is 1.05 bits per heavy atom. The number of aromatic nitrogens is 4. The molecule has 2 aromatic carbocycles. The number of nitrogens with zero attached hydrogens (tertiary/aromatic N) is 4. The molecule has 22 heavy (non-hydrogen) atoms. The highest BCUT2D eigenvalue weighted by Crippen LogP contribution is 2.32. The van der Waals surface area contributed by atoms with Crippen LogP contribution in [0.5, 0.6) is 5.75 Å². The molecule has 4 rings (SSSR count). The molecule has 0 radical (unpaired) electrons. The first-order valence-electron chi connectivity index (χ1n) is 6.55. The normalized spacial score (nSPS) is 11.1. The van der Waals surface area contributed by atoms with E-state index in [0.29, 0.717) is 28.2 Å². The van der Waals surface area contributed by atoms with Crippen molar-refractivity contribution in [2.45, 2.75) is 0 Å². The van der Waals surface area contributed by atoms with Gasteiger partial charge < -0.3 is 15.3 Å². The molecule has 108 valence electrons. The first kappa shape index (κ1) is 12.4. The van der Waals surface area contributed by atoms with Crippen LogP contribution in [0.2, 0.25) is 0 Å². The molecule has 0 aliphatic heterocycles. The van der Waals surface area contributed by atoms with E-state index in [0.717, 1.165) is 5.69 Å². The van der Waals surface area contributed by atoms with E-state index in [-0.39, 0.29) is 5.75 Å². The Morgan fingerprint density at radius 2 is 1.86 bits per heavy atom. The summed E-state index contributed by atoms with van der Waals surface area (Å²) in [6.07, 6.45) is 3.21. The van der Waals surface area contributed by atoms with E-state index in [9.17, 15) is 5.11 Å². The van der Waals surface area contributed by atoms with E-state index in [4.69, 9.17) is 10.2 Å². The van der Waals surface area contributed by atoms with Gasteiger partial charge in [-0.15, -0.1) is 10.2 Å². The number of benzene rings is 2. The van der Waals surface area contributed by atoms with Crippen LogP contribution in [0.1, 0.15) is 0 Å². The van der Waals surface area contributed by atoms with Gasteiger partial charge in [0.25, 0.3) is 0 Å². The molecule has 0 spiro atoms. The highest BCUT2D eigenvalue weighted by Gasteiger charge is 2.13. The Labute approximate surface area is 124 Å². The Balaban J connectivity index is 1.85. The lowest BCUT2D eigenvalue weighted by Gasteiger charge is -2.00. The number of rotatable bonds is 2. The number of phenols is 1. The minimum atomic E-state index is 0.0692. The van der Waals surface area contributed by atoms with Crippen molar-refractivity contribution < 1.29 is 9.52 Å². The van der Waals surface area contributed by atoms with Crippen molar-refractivity contribution >= 4 is 16.8 Å². The number of anilines is 1. The van der Waals surface area contributed by atoms with Gasteiger partial charge in [-0.3, -0.25) is 4.57 Å². The Kier molecular flexibility index (Phi) is 2.59. The molecular weight excluding hydrogens is 282 g/mol. The van der Waals surface area contributed by atoms with Gasteiger partial charge >= 0.3 is 0 Å². The Hall–Kier alpha value is -3.35. The van der Waals surface area contributed by atoms with Crippen LogP contribution in [-0.4, -0.2) is 24.9 Å². The summed E-state index contributed by atoms with van der Waals surface area (Å²) in [4.78, 5) is 4.42. The molecule has 0 bridgehead atoms. The molecule has 0 fully saturated rings. The van der Waals surface area contributed by atoms with Crippen molar-refractivity contribution in [3.05, 3.63) is 49.1 Å². The van der Waals surface area contributed by atoms with Gasteiger partial charge in [-0.1, -0.05) is 0 Å². The van der Waals surface area contributed by atoms with Crippen LogP contribution in [0.4, 0.5) is 5.69 Å². The highest BCUT2D eigenvalue weighted by atomic mass is 16.3. The van der Waals surface area contributed by atoms with Crippen LogP contribution in [0.3, 0.4) is 0 Å². The number of hydrogen-bond acceptors (Lipinski definition) is 6. The van der Waals surface area contributed by atoms with E-state index in [1.807, 2.05) is 18.2 Å². The second-order valence-electron chi connectivity index (χ2n) is 4.82. The van der Waals surface area contributed by atoms with Gasteiger partial charge in [-0.25, -0.2) is 4.98 Å². The molecule has 0 aliphatic rings. The number of oxazole rings is 1. The third kappa shape index (κ3) is 1.96. The van der Waals surface area contributed by atoms with Crippen molar-refractivity contribution in [3.8, 4) is 22.9 Å². The fraction of sp³-hybridized carbons (Fsp3) is 0. The van der Waals surface area contributed by atoms with Gasteiger partial charge in [0, 0.05) is 5.69 Å². The van der Waals surface area contributed by atoms with Crippen molar-refractivity contribution in [2.75, 3.05) is 5.73 Å². The van der Waals surface area contributed by atoms with Crippen LogP contribution < -0.4 is 5.73 Å². The third-order valence-corrected chi connectivity index (χ3v) is 3.34. The predicted molar refractivity (Wildman–Crippen MR) is 80.4 cm³/mol. The third-order valence-electron chi connectivity index (χ3n) is 3.34. The summed E-state index contributed by atoms with van der Waals surface area (Å²) >= 11 is 0. The fourth-order valence-electron chi connectivity index (χ4n) is 2.25. The van der Waals surface area contributed by atoms with Gasteiger partial charge in [0.15, 0.2) is 5.58 Å². The summed E-state index contributed by atoms with van der Waals surface area (Å²) < 4.78 is 7.46. The number of nitrogen functional groups attached to an aromatic ring is 1. The van der Waals surface area contributed by atoms with Crippen LogP contribution in [0, 0.1) is 0 Å². The van der Waals surface area contributed by atoms with Gasteiger partial charge in [-0.05, 0) is 36.4 Å². The van der Waals surface area contributed by atoms with E-state index in [1.54, 1.807) is 29.4 Å². The average molecular weight is 293 g/mol. The molecule has 7 nitrogen and oxygen atoms in total. The van der Waals surface area contributed by atoms with Crippen molar-refractivity contribution in [2.24, 2.45) is 0 Å². The van der Waals surface area contributed by atoms with E-state index in [1.165, 1.54) is 6.07 Å². The molecule has 0 atom stereocenters. The fourth-order valence-corrected chi connectivity index (χ4v) is 2.25. The smallest absolute Gasteiger partial charge is 0.231 e. The molecule has 0 amide bonds. The van der Waals surface area contributed by atoms with Gasteiger partial charge in [0.05, 0.1) is 11.3 Å². The molecule has 0 saturated heterocycles. The SMILES string of the molecule is Nc1ccc(O)c(-c2nc3cc(-n4cnnc4)ccc3o2)c1. The molecule has 7 heteroatoms. The second kappa shape index (κ2) is 4.59. The Bertz CT molecular complexity index is 959. The standard InChI is InChI=1S/C15H11N5O2/c16-9-1-3-13(21)11(5-9)15-19-12-6-10(2-4-14(12)22-15)20-7-17-18-8-20/h1-8,21H,16H2. The van der Waals surface area contributed by atoms with Crippen LogP contribution in [0.15, 0.2) is 53.5 Å². The summed E-state index contributed by atoms with van der Waals surface area (Å²) in [5.74, 6) is 0.389. The maximum absolute atomic E-state index is 9.94. The molecule has 4 aromatic rings. The van der Waals surface area contributed by atoms with E-state index < -0.39 is 0 Å². The first-order chi connectivity index (χ1) is 10.7. The molecule has 3 N–H and O–H groups in total. The highest BCUT2D eigenvalue weighted by molar-refractivity contribution is 5.80. The monoisotopic (exact) mass is 293 g/mol. The van der Waals surface area contributed by atoms with Crippen LogP contribution in [0.25, 0.3) is 28.2 Å². The molecule has 0 saturated carbocycles. The Morgan fingerprint density at radius 3 is 2.68 bits per heavy atom. The zero-order valence-corrected chi connectivity index (χ0v) is 11.3. The minimum Gasteiger partial charge on any atom is -0.507 e. The zero-order chi connectivity index (χ0) is 15.1. The molecule has 0 unspecified atom stereocenters. The van der Waals surface area contributed by atoms with Gasteiger partial charge in [0.2, 0.25) is 5.89 Å². The average Bonchev–Trinajstić information content (AvgIpc) is 3.17. The largest absolute Gasteiger partial charge is 0.507 e. The number of nitrogens with two attached hydrogens (primary N) is 1.